The molecule has 0 aliphatic carbocycles. The molecule has 5 heterocycles. The number of hydrogen-bond acceptors (Lipinski definition) is 11. The van der Waals surface area contributed by atoms with E-state index < -0.39 is 6.35 Å². The Morgan fingerprint density at radius 1 is 1.22 bits per heavy atom. The molecule has 3 aromatic rings. The Kier molecular flexibility index (Phi) is 5.90. The second-order valence-corrected chi connectivity index (χ2v) is 8.52. The van der Waals surface area contributed by atoms with E-state index in [0.29, 0.717) is 48.8 Å². The third-order valence-corrected chi connectivity index (χ3v) is 6.10. The SMILES string of the molecule is CCc1nc(COc2ccc3c(c2)CCN2C3=CC(OCC3COc4ncccc4O3)=NC2O)no1. The minimum atomic E-state index is -1.02. The first kappa shape index (κ1) is 22.4. The molecule has 2 atom stereocenters. The average Bonchev–Trinajstić information content (AvgIpc) is 3.38. The van der Waals surface area contributed by atoms with E-state index in [4.69, 9.17) is 23.5 Å². The van der Waals surface area contributed by atoms with Gasteiger partial charge in [0.15, 0.2) is 18.5 Å². The van der Waals surface area contributed by atoms with Crippen LogP contribution in [-0.2, 0) is 24.2 Å². The summed E-state index contributed by atoms with van der Waals surface area (Å²) in [6, 6.07) is 9.47. The van der Waals surface area contributed by atoms with Crippen LogP contribution in [0.1, 0.15) is 29.8 Å². The van der Waals surface area contributed by atoms with Gasteiger partial charge in [0.1, 0.15) is 19.0 Å². The highest BCUT2D eigenvalue weighted by Crippen LogP contribution is 2.35. The van der Waals surface area contributed by atoms with Crippen molar-refractivity contribution in [3.63, 3.8) is 0 Å². The highest BCUT2D eigenvalue weighted by Gasteiger charge is 2.31. The molecular formula is C25H25N5O6. The van der Waals surface area contributed by atoms with Crippen LogP contribution in [0.3, 0.4) is 0 Å². The standard InChI is InChI=1S/C25H25N5O6/c1-2-22-27-21(29-36-22)14-32-16-5-6-18-15(10-16)7-9-30-19(18)11-23(28-25(30)31)33-12-17-13-34-24-20(35-17)4-3-8-26-24/h3-6,8,10-11,17,25,31H,2,7,9,12-14H2,1H3. The Morgan fingerprint density at radius 2 is 2.17 bits per heavy atom. The summed E-state index contributed by atoms with van der Waals surface area (Å²) < 4.78 is 28.5. The predicted octanol–water partition coefficient (Wildman–Crippen LogP) is 2.35. The number of ether oxygens (including phenoxy) is 4. The average molecular weight is 492 g/mol. The van der Waals surface area contributed by atoms with Crippen molar-refractivity contribution in [2.75, 3.05) is 19.8 Å². The van der Waals surface area contributed by atoms with Gasteiger partial charge in [-0.25, -0.2) is 4.98 Å². The van der Waals surface area contributed by atoms with E-state index in [-0.39, 0.29) is 19.3 Å². The molecule has 11 heteroatoms. The van der Waals surface area contributed by atoms with E-state index in [0.717, 1.165) is 29.0 Å². The molecule has 0 bridgehead atoms. The van der Waals surface area contributed by atoms with Gasteiger partial charge >= 0.3 is 0 Å². The normalized spacial score (nSPS) is 20.1. The Morgan fingerprint density at radius 3 is 3.06 bits per heavy atom. The van der Waals surface area contributed by atoms with Crippen LogP contribution in [-0.4, -0.2) is 63.2 Å². The Hall–Kier alpha value is -4.12. The summed E-state index contributed by atoms with van der Waals surface area (Å²) in [7, 11) is 0. The molecule has 186 valence electrons. The molecule has 0 fully saturated rings. The van der Waals surface area contributed by atoms with Gasteiger partial charge < -0.3 is 33.5 Å². The highest BCUT2D eigenvalue weighted by atomic mass is 16.6. The summed E-state index contributed by atoms with van der Waals surface area (Å²) in [4.78, 5) is 14.6. The predicted molar refractivity (Wildman–Crippen MR) is 126 cm³/mol. The molecule has 0 spiro atoms. The molecule has 0 amide bonds. The lowest BCUT2D eigenvalue weighted by molar-refractivity contribution is 0.0348. The largest absolute Gasteiger partial charge is 0.485 e. The quantitative estimate of drug-likeness (QED) is 0.549. The second kappa shape index (κ2) is 9.50. The third kappa shape index (κ3) is 4.44. The first-order valence-electron chi connectivity index (χ1n) is 11.9. The van der Waals surface area contributed by atoms with Crippen LogP contribution in [0.5, 0.6) is 17.4 Å². The van der Waals surface area contributed by atoms with Crippen molar-refractivity contribution in [1.82, 2.24) is 20.0 Å². The van der Waals surface area contributed by atoms with Gasteiger partial charge in [-0.15, -0.1) is 0 Å². The number of aliphatic hydroxyl groups excluding tert-OH is 1. The molecule has 2 unspecified atom stereocenters. The van der Waals surface area contributed by atoms with E-state index in [2.05, 4.69) is 20.1 Å². The summed E-state index contributed by atoms with van der Waals surface area (Å²) in [6.07, 6.45) is 3.59. The van der Waals surface area contributed by atoms with Crippen LogP contribution in [0, 0.1) is 0 Å². The van der Waals surface area contributed by atoms with E-state index in [1.165, 1.54) is 0 Å². The summed E-state index contributed by atoms with van der Waals surface area (Å²) in [6.45, 7) is 3.34. The van der Waals surface area contributed by atoms with Crippen molar-refractivity contribution < 1.29 is 28.6 Å². The van der Waals surface area contributed by atoms with Gasteiger partial charge in [0, 0.05) is 30.8 Å². The summed E-state index contributed by atoms with van der Waals surface area (Å²) in [5.41, 5.74) is 2.95. The first-order valence-corrected chi connectivity index (χ1v) is 11.9. The van der Waals surface area contributed by atoms with Crippen LogP contribution in [0.25, 0.3) is 5.70 Å². The Bertz CT molecular complexity index is 1320. The number of hydrogen-bond donors (Lipinski definition) is 1. The van der Waals surface area contributed by atoms with Gasteiger partial charge in [-0.3, -0.25) is 0 Å². The van der Waals surface area contributed by atoms with Gasteiger partial charge in [0.2, 0.25) is 24.0 Å². The smallest absolute Gasteiger partial charge is 0.257 e. The van der Waals surface area contributed by atoms with Gasteiger partial charge in [0.05, 0.1) is 5.70 Å². The summed E-state index contributed by atoms with van der Waals surface area (Å²) >= 11 is 0. The lowest BCUT2D eigenvalue weighted by Gasteiger charge is -2.37. The number of aryl methyl sites for hydroxylation is 1. The monoisotopic (exact) mass is 491 g/mol. The lowest BCUT2D eigenvalue weighted by Crippen LogP contribution is -2.41. The van der Waals surface area contributed by atoms with Gasteiger partial charge in [-0.05, 0) is 42.3 Å². The molecule has 1 N–H and O–H groups in total. The number of aliphatic imine (C=N–C) groups is 1. The van der Waals surface area contributed by atoms with Crippen LogP contribution in [0.2, 0.25) is 0 Å². The van der Waals surface area contributed by atoms with Crippen LogP contribution in [0.4, 0.5) is 0 Å². The third-order valence-electron chi connectivity index (χ3n) is 6.10. The fourth-order valence-corrected chi connectivity index (χ4v) is 4.31. The number of benzene rings is 1. The molecule has 3 aliphatic heterocycles. The van der Waals surface area contributed by atoms with Gasteiger partial charge in [0.25, 0.3) is 5.88 Å². The number of fused-ring (bicyclic) bond motifs is 4. The van der Waals surface area contributed by atoms with Crippen LogP contribution in [0.15, 0.2) is 52.1 Å². The van der Waals surface area contributed by atoms with Crippen molar-refractivity contribution in [3.8, 4) is 17.4 Å². The first-order chi connectivity index (χ1) is 17.7. The van der Waals surface area contributed by atoms with Crippen molar-refractivity contribution in [3.05, 3.63) is 65.4 Å². The summed E-state index contributed by atoms with van der Waals surface area (Å²) in [5.74, 6) is 3.21. The topological polar surface area (TPSA) is 125 Å². The van der Waals surface area contributed by atoms with Crippen molar-refractivity contribution in [2.24, 2.45) is 4.99 Å². The zero-order chi connectivity index (χ0) is 24.5. The minimum Gasteiger partial charge on any atom is -0.485 e. The molecule has 11 nitrogen and oxygen atoms in total. The minimum absolute atomic E-state index is 0.221. The van der Waals surface area contributed by atoms with E-state index >= 15 is 0 Å². The highest BCUT2D eigenvalue weighted by molar-refractivity contribution is 5.97. The van der Waals surface area contributed by atoms with Crippen molar-refractivity contribution >= 4 is 11.6 Å². The van der Waals surface area contributed by atoms with Gasteiger partial charge in [-0.1, -0.05) is 12.1 Å². The number of aromatic nitrogens is 3. The molecular weight excluding hydrogens is 466 g/mol. The molecule has 3 aliphatic rings. The van der Waals surface area contributed by atoms with E-state index in [1.54, 1.807) is 18.3 Å². The zero-order valence-electron chi connectivity index (χ0n) is 19.7. The van der Waals surface area contributed by atoms with E-state index in [9.17, 15) is 5.11 Å². The molecule has 1 aromatic carbocycles. The van der Waals surface area contributed by atoms with Crippen molar-refractivity contribution in [1.29, 1.82) is 0 Å². The zero-order valence-corrected chi connectivity index (χ0v) is 19.7. The molecule has 36 heavy (non-hydrogen) atoms. The molecule has 0 saturated heterocycles. The second-order valence-electron chi connectivity index (χ2n) is 8.52. The molecule has 6 rings (SSSR count). The fourth-order valence-electron chi connectivity index (χ4n) is 4.31. The maximum absolute atomic E-state index is 10.7. The molecule has 0 saturated carbocycles. The Labute approximate surface area is 207 Å². The molecule has 2 aromatic heterocycles. The lowest BCUT2D eigenvalue weighted by atomic mass is 9.95. The van der Waals surface area contributed by atoms with Crippen LogP contribution < -0.4 is 14.2 Å². The van der Waals surface area contributed by atoms with Gasteiger partial charge in [-0.2, -0.15) is 9.98 Å². The van der Waals surface area contributed by atoms with E-state index in [1.807, 2.05) is 36.1 Å². The number of pyridine rings is 1. The fraction of sp³-hybridized carbons (Fsp3) is 0.360. The maximum atomic E-state index is 10.7. The summed E-state index contributed by atoms with van der Waals surface area (Å²) in [5, 5.41) is 14.6. The van der Waals surface area contributed by atoms with Crippen molar-refractivity contribution in [2.45, 2.75) is 38.8 Å². The Balaban J connectivity index is 1.13. The maximum Gasteiger partial charge on any atom is 0.257 e. The number of nitrogens with zero attached hydrogens (tertiary/aromatic N) is 5. The number of rotatable bonds is 6. The molecule has 0 radical (unpaired) electrons. The number of aliphatic hydroxyl groups is 1. The van der Waals surface area contributed by atoms with Crippen LogP contribution >= 0.6 is 0 Å².